The molecule has 1 N–H and O–H groups in total. The van der Waals surface area contributed by atoms with Crippen LogP contribution in [0.4, 0.5) is 0 Å². The molecule has 1 unspecified atom stereocenters. The molecule has 2 aromatic rings. The average molecular weight is 355 g/mol. The van der Waals surface area contributed by atoms with Crippen molar-refractivity contribution in [3.63, 3.8) is 0 Å². The lowest BCUT2D eigenvalue weighted by molar-refractivity contribution is 0.306. The lowest BCUT2D eigenvalue weighted by Crippen LogP contribution is -2.30. The Labute approximate surface area is 156 Å². The third-order valence-electron chi connectivity index (χ3n) is 4.93. The van der Waals surface area contributed by atoms with Crippen LogP contribution in [0.5, 0.6) is 17.2 Å². The van der Waals surface area contributed by atoms with Crippen LogP contribution in [0.2, 0.25) is 0 Å². The highest BCUT2D eigenvalue weighted by Crippen LogP contribution is 2.37. The summed E-state index contributed by atoms with van der Waals surface area (Å²) >= 11 is 0. The monoisotopic (exact) mass is 355 g/mol. The van der Waals surface area contributed by atoms with Crippen molar-refractivity contribution in [3.05, 3.63) is 53.1 Å². The predicted octanol–water partition coefficient (Wildman–Crippen LogP) is 4.51. The Kier molecular flexibility index (Phi) is 6.40. The maximum Gasteiger partial charge on any atom is 0.161 e. The number of rotatable bonds is 8. The number of unbranched alkanes of at least 4 members (excludes halogenated alkanes) is 2. The van der Waals surface area contributed by atoms with Gasteiger partial charge in [-0.05, 0) is 53.8 Å². The molecule has 140 valence electrons. The van der Waals surface area contributed by atoms with Crippen LogP contribution in [0.15, 0.2) is 36.4 Å². The summed E-state index contributed by atoms with van der Waals surface area (Å²) in [7, 11) is 3.36. The summed E-state index contributed by atoms with van der Waals surface area (Å²) in [4.78, 5) is 0. The molecule has 1 atom stereocenters. The van der Waals surface area contributed by atoms with E-state index in [4.69, 9.17) is 14.2 Å². The molecule has 1 heterocycles. The van der Waals surface area contributed by atoms with E-state index in [0.717, 1.165) is 43.2 Å². The first-order valence-electron chi connectivity index (χ1n) is 9.47. The molecule has 1 aliphatic heterocycles. The first-order valence-corrected chi connectivity index (χ1v) is 9.47. The SMILES string of the molecule is CCCCCOc1ccc(C2NCCc3cc(OC)c(OC)cc32)cc1. The number of hydrogen-bond acceptors (Lipinski definition) is 4. The van der Waals surface area contributed by atoms with Crippen molar-refractivity contribution in [2.45, 2.75) is 38.6 Å². The summed E-state index contributed by atoms with van der Waals surface area (Å²) in [6.07, 6.45) is 4.53. The van der Waals surface area contributed by atoms with Crippen molar-refractivity contribution < 1.29 is 14.2 Å². The van der Waals surface area contributed by atoms with Crippen molar-refractivity contribution in [2.75, 3.05) is 27.4 Å². The van der Waals surface area contributed by atoms with Gasteiger partial charge < -0.3 is 19.5 Å². The minimum Gasteiger partial charge on any atom is -0.494 e. The Bertz CT molecular complexity index is 712. The molecule has 1 aliphatic rings. The Hall–Kier alpha value is -2.20. The zero-order valence-electron chi connectivity index (χ0n) is 16.0. The fraction of sp³-hybridized carbons (Fsp3) is 0.455. The highest BCUT2D eigenvalue weighted by atomic mass is 16.5. The maximum atomic E-state index is 5.83. The first-order chi connectivity index (χ1) is 12.8. The molecule has 0 spiro atoms. The van der Waals surface area contributed by atoms with E-state index in [2.05, 4.69) is 48.6 Å². The maximum absolute atomic E-state index is 5.83. The van der Waals surface area contributed by atoms with Crippen molar-refractivity contribution in [3.8, 4) is 17.2 Å². The summed E-state index contributed by atoms with van der Waals surface area (Å²) in [5, 5.41) is 3.62. The summed E-state index contributed by atoms with van der Waals surface area (Å²) in [5.41, 5.74) is 3.80. The van der Waals surface area contributed by atoms with Gasteiger partial charge in [0.2, 0.25) is 0 Å². The zero-order valence-corrected chi connectivity index (χ0v) is 16.0. The molecule has 4 nitrogen and oxygen atoms in total. The Morgan fingerprint density at radius 2 is 1.73 bits per heavy atom. The van der Waals surface area contributed by atoms with Crippen LogP contribution in [0.1, 0.15) is 48.9 Å². The molecule has 0 radical (unpaired) electrons. The van der Waals surface area contributed by atoms with E-state index < -0.39 is 0 Å². The van der Waals surface area contributed by atoms with Crippen LogP contribution in [0.3, 0.4) is 0 Å². The minimum absolute atomic E-state index is 0.160. The minimum atomic E-state index is 0.160. The lowest BCUT2D eigenvalue weighted by Gasteiger charge is -2.28. The second kappa shape index (κ2) is 8.95. The molecular weight excluding hydrogens is 326 g/mol. The Morgan fingerprint density at radius 1 is 1.00 bits per heavy atom. The molecule has 0 bridgehead atoms. The van der Waals surface area contributed by atoms with Crippen LogP contribution in [0.25, 0.3) is 0 Å². The largest absolute Gasteiger partial charge is 0.494 e. The summed E-state index contributed by atoms with van der Waals surface area (Å²) < 4.78 is 16.8. The molecule has 0 saturated carbocycles. The standard InChI is InChI=1S/C22H29NO3/c1-4-5-6-13-26-18-9-7-16(8-10-18)22-19-15-21(25-3)20(24-2)14-17(19)11-12-23-22/h7-10,14-15,22-23H,4-6,11-13H2,1-3H3. The number of nitrogens with one attached hydrogen (secondary N) is 1. The van der Waals surface area contributed by atoms with E-state index in [1.54, 1.807) is 14.2 Å². The van der Waals surface area contributed by atoms with Crippen LogP contribution in [0, 0.1) is 0 Å². The van der Waals surface area contributed by atoms with Gasteiger partial charge in [0.25, 0.3) is 0 Å². The smallest absolute Gasteiger partial charge is 0.161 e. The van der Waals surface area contributed by atoms with Gasteiger partial charge in [0.15, 0.2) is 11.5 Å². The van der Waals surface area contributed by atoms with Gasteiger partial charge in [-0.2, -0.15) is 0 Å². The molecule has 0 amide bonds. The molecule has 2 aromatic carbocycles. The predicted molar refractivity (Wildman–Crippen MR) is 105 cm³/mol. The van der Waals surface area contributed by atoms with Crippen LogP contribution in [-0.2, 0) is 6.42 Å². The Balaban J connectivity index is 1.78. The van der Waals surface area contributed by atoms with Gasteiger partial charge in [0.1, 0.15) is 5.75 Å². The molecular formula is C22H29NO3. The van der Waals surface area contributed by atoms with Crippen LogP contribution in [-0.4, -0.2) is 27.4 Å². The van der Waals surface area contributed by atoms with Crippen LogP contribution < -0.4 is 19.5 Å². The fourth-order valence-corrected chi connectivity index (χ4v) is 3.48. The summed E-state index contributed by atoms with van der Waals surface area (Å²) in [5.74, 6) is 2.51. The van der Waals surface area contributed by atoms with Crippen molar-refractivity contribution in [1.29, 1.82) is 0 Å². The first kappa shape index (κ1) is 18.6. The average Bonchev–Trinajstić information content (AvgIpc) is 2.70. The molecule has 0 aliphatic carbocycles. The van der Waals surface area contributed by atoms with Crippen molar-refractivity contribution in [2.24, 2.45) is 0 Å². The van der Waals surface area contributed by atoms with E-state index >= 15 is 0 Å². The second-order valence-electron chi connectivity index (χ2n) is 6.67. The van der Waals surface area contributed by atoms with Crippen LogP contribution >= 0.6 is 0 Å². The summed E-state index contributed by atoms with van der Waals surface area (Å²) in [6, 6.07) is 12.8. The van der Waals surface area contributed by atoms with E-state index in [9.17, 15) is 0 Å². The zero-order chi connectivity index (χ0) is 18.4. The fourth-order valence-electron chi connectivity index (χ4n) is 3.48. The van der Waals surface area contributed by atoms with Gasteiger partial charge in [-0.15, -0.1) is 0 Å². The van der Waals surface area contributed by atoms with Gasteiger partial charge in [-0.1, -0.05) is 31.9 Å². The topological polar surface area (TPSA) is 39.7 Å². The Morgan fingerprint density at radius 3 is 2.42 bits per heavy atom. The number of fused-ring (bicyclic) bond motifs is 1. The number of methoxy groups -OCH3 is 2. The normalized spacial score (nSPS) is 16.0. The molecule has 0 saturated heterocycles. The second-order valence-corrected chi connectivity index (χ2v) is 6.67. The molecule has 0 aromatic heterocycles. The quantitative estimate of drug-likeness (QED) is 0.707. The number of benzene rings is 2. The van der Waals surface area contributed by atoms with E-state index in [-0.39, 0.29) is 6.04 Å². The van der Waals surface area contributed by atoms with E-state index in [0.29, 0.717) is 0 Å². The third-order valence-corrected chi connectivity index (χ3v) is 4.93. The van der Waals surface area contributed by atoms with E-state index in [1.807, 2.05) is 0 Å². The molecule has 0 fully saturated rings. The lowest BCUT2D eigenvalue weighted by atomic mass is 9.89. The highest BCUT2D eigenvalue weighted by Gasteiger charge is 2.23. The molecule has 4 heteroatoms. The highest BCUT2D eigenvalue weighted by molar-refractivity contribution is 5.51. The number of hydrogen-bond donors (Lipinski definition) is 1. The summed E-state index contributed by atoms with van der Waals surface area (Å²) in [6.45, 7) is 3.94. The van der Waals surface area contributed by atoms with Gasteiger partial charge in [-0.25, -0.2) is 0 Å². The van der Waals surface area contributed by atoms with Gasteiger partial charge >= 0.3 is 0 Å². The van der Waals surface area contributed by atoms with Gasteiger partial charge in [0.05, 0.1) is 26.9 Å². The van der Waals surface area contributed by atoms with E-state index in [1.165, 1.54) is 29.5 Å². The van der Waals surface area contributed by atoms with Gasteiger partial charge in [0, 0.05) is 6.54 Å². The third kappa shape index (κ3) is 4.13. The molecule has 3 rings (SSSR count). The molecule has 26 heavy (non-hydrogen) atoms. The number of ether oxygens (including phenoxy) is 3. The van der Waals surface area contributed by atoms with Crippen molar-refractivity contribution >= 4 is 0 Å². The van der Waals surface area contributed by atoms with Crippen molar-refractivity contribution in [1.82, 2.24) is 5.32 Å². The van der Waals surface area contributed by atoms with Gasteiger partial charge in [-0.3, -0.25) is 0 Å².